The molecule has 0 amide bonds. The number of hydrogen-bond acceptors (Lipinski definition) is 4. The number of oxime groups is 1. The molecule has 0 aliphatic heterocycles. The molecule has 0 bridgehead atoms. The normalized spacial score (nSPS) is 33.6. The highest BCUT2D eigenvalue weighted by atomic mass is 16.8. The summed E-state index contributed by atoms with van der Waals surface area (Å²) in [4.78, 5) is 17.9. The van der Waals surface area contributed by atoms with Gasteiger partial charge >= 0.3 is 6.16 Å². The number of aryl methyl sites for hydroxylation is 1. The van der Waals surface area contributed by atoms with Crippen LogP contribution in [0.3, 0.4) is 0 Å². The average molecular weight is 618 g/mol. The Hall–Kier alpha value is -2.10. The third-order valence-corrected chi connectivity index (χ3v) is 13.2. The number of ether oxygens (including phenoxy) is 1. The molecule has 8 atom stereocenters. The molecule has 4 heteroatoms. The van der Waals surface area contributed by atoms with Crippen LogP contribution in [-0.2, 0) is 16.0 Å². The zero-order valence-electron chi connectivity index (χ0n) is 29.7. The number of allylic oxidation sites excluding steroid dienone is 1. The van der Waals surface area contributed by atoms with Gasteiger partial charge in [-0.05, 0) is 122 Å². The zero-order chi connectivity index (χ0) is 32.2. The monoisotopic (exact) mass is 617 g/mol. The van der Waals surface area contributed by atoms with Crippen molar-refractivity contribution in [3.05, 3.63) is 47.0 Å². The Labute approximate surface area is 275 Å². The van der Waals surface area contributed by atoms with Crippen LogP contribution in [0.1, 0.15) is 149 Å². The molecule has 0 saturated heterocycles. The van der Waals surface area contributed by atoms with Gasteiger partial charge in [0.2, 0.25) is 0 Å². The molecule has 1 aromatic carbocycles. The summed E-state index contributed by atoms with van der Waals surface area (Å²) in [6.45, 7) is 16.6. The Morgan fingerprint density at radius 1 is 0.956 bits per heavy atom. The second kappa shape index (κ2) is 14.8. The first-order valence-corrected chi connectivity index (χ1v) is 18.8. The van der Waals surface area contributed by atoms with E-state index >= 15 is 0 Å². The molecule has 4 aliphatic carbocycles. The van der Waals surface area contributed by atoms with Crippen molar-refractivity contribution in [1.82, 2.24) is 0 Å². The van der Waals surface area contributed by atoms with Gasteiger partial charge in [0, 0.05) is 6.42 Å². The lowest BCUT2D eigenvalue weighted by molar-refractivity contribution is -0.0616. The molecule has 3 fully saturated rings. The summed E-state index contributed by atoms with van der Waals surface area (Å²) in [6.07, 6.45) is 20.4. The van der Waals surface area contributed by atoms with E-state index in [1.165, 1.54) is 81.8 Å². The molecule has 45 heavy (non-hydrogen) atoms. The van der Waals surface area contributed by atoms with Crippen molar-refractivity contribution < 1.29 is 14.4 Å². The van der Waals surface area contributed by atoms with Gasteiger partial charge in [0.05, 0.1) is 5.71 Å². The van der Waals surface area contributed by atoms with Crippen molar-refractivity contribution in [2.75, 3.05) is 0 Å². The van der Waals surface area contributed by atoms with E-state index < -0.39 is 6.16 Å². The quantitative estimate of drug-likeness (QED) is 0.0585. The van der Waals surface area contributed by atoms with E-state index in [9.17, 15) is 4.79 Å². The van der Waals surface area contributed by atoms with Crippen LogP contribution in [0.5, 0.6) is 0 Å². The number of nitrogens with zero attached hydrogens (tertiary/aromatic N) is 1. The van der Waals surface area contributed by atoms with E-state index in [2.05, 4.69) is 77.0 Å². The summed E-state index contributed by atoms with van der Waals surface area (Å²) >= 11 is 0. The summed E-state index contributed by atoms with van der Waals surface area (Å²) in [5.74, 6) is 5.01. The van der Waals surface area contributed by atoms with Crippen LogP contribution in [-0.4, -0.2) is 18.0 Å². The highest BCUT2D eigenvalue weighted by molar-refractivity contribution is 5.98. The van der Waals surface area contributed by atoms with Crippen molar-refractivity contribution in [2.45, 2.75) is 151 Å². The number of carbonyl (C=O) groups excluding carboxylic acids is 1. The second-order valence-corrected chi connectivity index (χ2v) is 16.4. The predicted octanol–water partition coefficient (Wildman–Crippen LogP) is 11.7. The molecule has 4 aliphatic rings. The lowest BCUT2D eigenvalue weighted by atomic mass is 9.47. The Morgan fingerprint density at radius 3 is 2.47 bits per heavy atom. The van der Waals surface area contributed by atoms with Crippen LogP contribution in [0.25, 0.3) is 0 Å². The molecule has 0 unspecified atom stereocenters. The molecule has 250 valence electrons. The average Bonchev–Trinajstić information content (AvgIpc) is 3.37. The van der Waals surface area contributed by atoms with Crippen molar-refractivity contribution >= 4 is 11.9 Å². The largest absolute Gasteiger partial charge is 0.535 e. The standard InChI is InChI=1S/C41H63NO3/c1-8-9-10-14-31-15-17-32(18-16-31)30(5)42-45-39(43)44-34-23-25-40(6)33(27-34)19-20-35-37-22-21-36(29(4)13-11-12-28(2)3)41(37,7)26-24-38(35)40/h15-19,28-29,34-38H,8-14,20-27H2,1-7H3/b42-30-/t29-,34+,35-,36+,37-,38-,40+,41-/m1/s1. The lowest BCUT2D eigenvalue weighted by Gasteiger charge is -2.58. The van der Waals surface area contributed by atoms with Crippen molar-refractivity contribution in [3.63, 3.8) is 0 Å². The molecule has 0 aromatic heterocycles. The molecular weight excluding hydrogens is 554 g/mol. The Morgan fingerprint density at radius 2 is 1.73 bits per heavy atom. The fourth-order valence-corrected chi connectivity index (χ4v) is 10.6. The van der Waals surface area contributed by atoms with Gasteiger partial charge in [-0.25, -0.2) is 4.79 Å². The molecule has 4 nitrogen and oxygen atoms in total. The summed E-state index contributed by atoms with van der Waals surface area (Å²) in [5.41, 5.74) is 5.28. The van der Waals surface area contributed by atoms with E-state index in [1.54, 1.807) is 0 Å². The molecule has 3 saturated carbocycles. The van der Waals surface area contributed by atoms with Crippen LogP contribution in [0.2, 0.25) is 0 Å². The van der Waals surface area contributed by atoms with Gasteiger partial charge in [0.1, 0.15) is 6.10 Å². The smallest absolute Gasteiger partial charge is 0.429 e. The maximum Gasteiger partial charge on any atom is 0.535 e. The summed E-state index contributed by atoms with van der Waals surface area (Å²) < 4.78 is 5.85. The Kier molecular flexibility index (Phi) is 11.2. The van der Waals surface area contributed by atoms with Gasteiger partial charge in [-0.2, -0.15) is 0 Å². The first-order valence-electron chi connectivity index (χ1n) is 18.8. The number of rotatable bonds is 12. The van der Waals surface area contributed by atoms with Crippen LogP contribution >= 0.6 is 0 Å². The van der Waals surface area contributed by atoms with E-state index in [0.717, 1.165) is 66.8 Å². The van der Waals surface area contributed by atoms with Crippen LogP contribution in [0.15, 0.2) is 41.1 Å². The van der Waals surface area contributed by atoms with Gasteiger partial charge in [0.25, 0.3) is 0 Å². The number of carbonyl (C=O) groups is 1. The predicted molar refractivity (Wildman–Crippen MR) is 186 cm³/mol. The van der Waals surface area contributed by atoms with E-state index in [1.807, 2.05) is 6.92 Å². The molecular formula is C41H63NO3. The molecule has 0 radical (unpaired) electrons. The number of hydrogen-bond donors (Lipinski definition) is 0. The van der Waals surface area contributed by atoms with Crippen LogP contribution in [0, 0.1) is 46.3 Å². The first kappa shape index (κ1) is 34.2. The topological polar surface area (TPSA) is 47.9 Å². The summed E-state index contributed by atoms with van der Waals surface area (Å²) in [6, 6.07) is 8.43. The first-order chi connectivity index (χ1) is 21.5. The maximum absolute atomic E-state index is 12.7. The van der Waals surface area contributed by atoms with E-state index in [4.69, 9.17) is 9.57 Å². The highest BCUT2D eigenvalue weighted by Gasteiger charge is 2.59. The molecule has 0 spiro atoms. The minimum Gasteiger partial charge on any atom is -0.429 e. The number of benzene rings is 1. The van der Waals surface area contributed by atoms with E-state index in [0.29, 0.717) is 11.1 Å². The van der Waals surface area contributed by atoms with Gasteiger partial charge in [-0.1, -0.05) is 115 Å². The van der Waals surface area contributed by atoms with Crippen LogP contribution < -0.4 is 0 Å². The van der Waals surface area contributed by atoms with Gasteiger partial charge in [0.15, 0.2) is 0 Å². The molecule has 0 heterocycles. The second-order valence-electron chi connectivity index (χ2n) is 16.4. The Bertz CT molecular complexity index is 1200. The minimum absolute atomic E-state index is 0.123. The fourth-order valence-electron chi connectivity index (χ4n) is 10.6. The number of fused-ring (bicyclic) bond motifs is 5. The van der Waals surface area contributed by atoms with Crippen molar-refractivity contribution in [1.29, 1.82) is 0 Å². The van der Waals surface area contributed by atoms with Crippen molar-refractivity contribution in [3.8, 4) is 0 Å². The zero-order valence-corrected chi connectivity index (χ0v) is 29.7. The maximum atomic E-state index is 12.7. The lowest BCUT2D eigenvalue weighted by Crippen LogP contribution is -2.51. The number of unbranched alkanes of at least 4 members (excludes halogenated alkanes) is 2. The summed E-state index contributed by atoms with van der Waals surface area (Å²) in [7, 11) is 0. The fraction of sp³-hybridized carbons (Fsp3) is 0.756. The minimum atomic E-state index is -0.679. The van der Waals surface area contributed by atoms with E-state index in [-0.39, 0.29) is 11.5 Å². The molecule has 5 rings (SSSR count). The van der Waals surface area contributed by atoms with Gasteiger partial charge in [-0.3, -0.25) is 4.84 Å². The van der Waals surface area contributed by atoms with Crippen LogP contribution in [0.4, 0.5) is 4.79 Å². The molecule has 1 aromatic rings. The van der Waals surface area contributed by atoms with Gasteiger partial charge < -0.3 is 4.74 Å². The van der Waals surface area contributed by atoms with Gasteiger partial charge in [-0.15, -0.1) is 0 Å². The third kappa shape index (κ3) is 7.57. The SMILES string of the molecule is CCCCCc1ccc(/C(C)=N\OC(=O)O[C@H]2CC[C@@]3(C)C(=CC[C@@H]4[C@H]5CC[C@@H]([C@H](C)CCCC(C)C)[C@@]5(C)CC[C@H]43)C2)cc1. The Balaban J connectivity index is 1.14. The van der Waals surface area contributed by atoms with Crippen molar-refractivity contribution in [2.24, 2.45) is 51.5 Å². The highest BCUT2D eigenvalue weighted by Crippen LogP contribution is 2.67. The summed E-state index contributed by atoms with van der Waals surface area (Å²) in [5, 5.41) is 4.12. The molecule has 0 N–H and O–H groups in total. The third-order valence-electron chi connectivity index (χ3n) is 13.2.